The van der Waals surface area contributed by atoms with Gasteiger partial charge in [0.1, 0.15) is 5.82 Å². The van der Waals surface area contributed by atoms with Gasteiger partial charge in [0.05, 0.1) is 5.52 Å². The summed E-state index contributed by atoms with van der Waals surface area (Å²) < 4.78 is 13.0. The number of benzene rings is 2. The maximum Gasteiger partial charge on any atom is 0.126 e. The average molecular weight is 304 g/mol. The Balaban J connectivity index is 0.000000136. The van der Waals surface area contributed by atoms with E-state index in [1.807, 2.05) is 12.3 Å². The van der Waals surface area contributed by atoms with Crippen molar-refractivity contribution in [2.45, 2.75) is 13.8 Å². The summed E-state index contributed by atoms with van der Waals surface area (Å²) in [6.07, 6.45) is 5.22. The first-order valence-corrected chi connectivity index (χ1v) is 7.45. The van der Waals surface area contributed by atoms with Gasteiger partial charge in [-0.05, 0) is 60.7 Å². The van der Waals surface area contributed by atoms with Crippen molar-refractivity contribution in [2.24, 2.45) is 0 Å². The van der Waals surface area contributed by atoms with Gasteiger partial charge in [0.15, 0.2) is 0 Å². The van der Waals surface area contributed by atoms with Gasteiger partial charge in [0.25, 0.3) is 0 Å². The molecule has 0 fully saturated rings. The zero-order valence-electron chi connectivity index (χ0n) is 13.1. The van der Waals surface area contributed by atoms with Gasteiger partial charge in [0, 0.05) is 29.4 Å². The molecule has 0 aliphatic rings. The molecule has 0 bridgehead atoms. The molecule has 0 spiro atoms. The summed E-state index contributed by atoms with van der Waals surface area (Å²) in [5.41, 5.74) is 3.00. The van der Waals surface area contributed by atoms with Crippen molar-refractivity contribution in [1.29, 1.82) is 0 Å². The first-order valence-electron chi connectivity index (χ1n) is 7.45. The molecule has 2 aromatic heterocycles. The van der Waals surface area contributed by atoms with Gasteiger partial charge < -0.3 is 0 Å². The number of pyridine rings is 2. The van der Waals surface area contributed by atoms with E-state index in [0.29, 0.717) is 5.56 Å². The summed E-state index contributed by atoms with van der Waals surface area (Å²) in [5.74, 6) is -0.159. The molecule has 0 N–H and O–H groups in total. The molecule has 0 aliphatic carbocycles. The Kier molecular flexibility index (Phi) is 4.29. The highest BCUT2D eigenvalue weighted by atomic mass is 19.1. The number of aromatic nitrogens is 2. The van der Waals surface area contributed by atoms with E-state index in [1.165, 1.54) is 17.0 Å². The molecule has 23 heavy (non-hydrogen) atoms. The fraction of sp³-hybridized carbons (Fsp3) is 0.100. The van der Waals surface area contributed by atoms with Crippen LogP contribution in [0.5, 0.6) is 0 Å². The lowest BCUT2D eigenvalue weighted by Gasteiger charge is -1.99. The SMILES string of the molecule is Cc1cc2cnccc2cc1F.Cc1ccc2cccnc2c1. The monoisotopic (exact) mass is 304 g/mol. The largest absolute Gasteiger partial charge is 0.264 e. The molecule has 0 radical (unpaired) electrons. The third kappa shape index (κ3) is 3.51. The van der Waals surface area contributed by atoms with Crippen LogP contribution in [-0.2, 0) is 0 Å². The van der Waals surface area contributed by atoms with E-state index in [-0.39, 0.29) is 5.82 Å². The predicted molar refractivity (Wildman–Crippen MR) is 92.9 cm³/mol. The van der Waals surface area contributed by atoms with Gasteiger partial charge >= 0.3 is 0 Å². The van der Waals surface area contributed by atoms with Gasteiger partial charge in [-0.3, -0.25) is 9.97 Å². The molecule has 0 saturated heterocycles. The lowest BCUT2D eigenvalue weighted by atomic mass is 10.1. The molecule has 4 rings (SSSR count). The molecule has 0 atom stereocenters. The van der Waals surface area contributed by atoms with Crippen LogP contribution in [0.3, 0.4) is 0 Å². The van der Waals surface area contributed by atoms with Gasteiger partial charge in [-0.2, -0.15) is 0 Å². The highest BCUT2D eigenvalue weighted by molar-refractivity contribution is 5.82. The van der Waals surface area contributed by atoms with Crippen molar-refractivity contribution in [2.75, 3.05) is 0 Å². The number of nitrogens with zero attached hydrogens (tertiary/aromatic N) is 2. The number of aryl methyl sites for hydroxylation is 2. The lowest BCUT2D eigenvalue weighted by molar-refractivity contribution is 0.620. The molecule has 0 unspecified atom stereocenters. The quantitative estimate of drug-likeness (QED) is 0.445. The molecule has 3 heteroatoms. The summed E-state index contributed by atoms with van der Waals surface area (Å²) in [4.78, 5) is 8.20. The van der Waals surface area contributed by atoms with Crippen LogP contribution in [0.25, 0.3) is 21.7 Å². The molecular weight excluding hydrogens is 287 g/mol. The third-order valence-electron chi connectivity index (χ3n) is 3.68. The van der Waals surface area contributed by atoms with Gasteiger partial charge in [-0.1, -0.05) is 18.2 Å². The Hall–Kier alpha value is -2.81. The summed E-state index contributed by atoms with van der Waals surface area (Å²) in [6.45, 7) is 3.83. The van der Waals surface area contributed by atoms with Crippen molar-refractivity contribution in [3.8, 4) is 0 Å². The molecule has 0 saturated carbocycles. The van der Waals surface area contributed by atoms with Crippen LogP contribution in [0.15, 0.2) is 67.1 Å². The van der Waals surface area contributed by atoms with E-state index in [1.54, 1.807) is 31.5 Å². The number of rotatable bonds is 0. The van der Waals surface area contributed by atoms with Crippen LogP contribution >= 0.6 is 0 Å². The first-order chi connectivity index (χ1) is 11.1. The first kappa shape index (κ1) is 15.1. The Labute approximate surface area is 134 Å². The maximum atomic E-state index is 13.0. The Morgan fingerprint density at radius 3 is 2.57 bits per heavy atom. The van der Waals surface area contributed by atoms with Crippen molar-refractivity contribution in [3.05, 3.63) is 84.1 Å². The van der Waals surface area contributed by atoms with E-state index in [4.69, 9.17) is 0 Å². The van der Waals surface area contributed by atoms with Crippen LogP contribution < -0.4 is 0 Å². The summed E-state index contributed by atoms with van der Waals surface area (Å²) in [7, 11) is 0. The molecule has 4 aromatic rings. The summed E-state index contributed by atoms with van der Waals surface area (Å²) in [6, 6.07) is 15.5. The molecule has 0 amide bonds. The minimum atomic E-state index is -0.159. The minimum Gasteiger partial charge on any atom is -0.264 e. The van der Waals surface area contributed by atoms with Gasteiger partial charge in [0.2, 0.25) is 0 Å². The summed E-state index contributed by atoms with van der Waals surface area (Å²) in [5, 5.41) is 3.09. The number of hydrogen-bond donors (Lipinski definition) is 0. The van der Waals surface area contributed by atoms with Crippen molar-refractivity contribution >= 4 is 21.7 Å². The number of hydrogen-bond acceptors (Lipinski definition) is 2. The predicted octanol–water partition coefficient (Wildman–Crippen LogP) is 5.23. The van der Waals surface area contributed by atoms with Crippen molar-refractivity contribution in [3.63, 3.8) is 0 Å². The topological polar surface area (TPSA) is 25.8 Å². The zero-order chi connectivity index (χ0) is 16.2. The molecule has 2 heterocycles. The van der Waals surface area contributed by atoms with Gasteiger partial charge in [-0.25, -0.2) is 4.39 Å². The van der Waals surface area contributed by atoms with Crippen LogP contribution in [0.2, 0.25) is 0 Å². The standard InChI is InChI=1S/C10H8FN.C10H9N/c1-7-4-9-6-12-3-2-8(9)5-10(7)11;1-8-4-5-9-3-2-6-11-10(9)7-8/h2-6H,1H3;2-7H,1H3. The van der Waals surface area contributed by atoms with E-state index < -0.39 is 0 Å². The lowest BCUT2D eigenvalue weighted by Crippen LogP contribution is -1.83. The van der Waals surface area contributed by atoms with E-state index in [9.17, 15) is 4.39 Å². The fourth-order valence-corrected chi connectivity index (χ4v) is 2.40. The van der Waals surface area contributed by atoms with E-state index >= 15 is 0 Å². The zero-order valence-corrected chi connectivity index (χ0v) is 13.1. The Bertz CT molecular complexity index is 923. The van der Waals surface area contributed by atoms with Crippen molar-refractivity contribution < 1.29 is 4.39 Å². The number of fused-ring (bicyclic) bond motifs is 2. The fourth-order valence-electron chi connectivity index (χ4n) is 2.40. The summed E-state index contributed by atoms with van der Waals surface area (Å²) >= 11 is 0. The molecule has 2 aromatic carbocycles. The van der Waals surface area contributed by atoms with E-state index in [0.717, 1.165) is 16.3 Å². The molecule has 2 nitrogen and oxygen atoms in total. The highest BCUT2D eigenvalue weighted by Gasteiger charge is 1.99. The highest BCUT2D eigenvalue weighted by Crippen LogP contribution is 2.17. The Morgan fingerprint density at radius 1 is 0.826 bits per heavy atom. The normalized spacial score (nSPS) is 10.4. The van der Waals surface area contributed by atoms with Crippen LogP contribution in [-0.4, -0.2) is 9.97 Å². The Morgan fingerprint density at radius 2 is 1.70 bits per heavy atom. The molecular formula is C20H17FN2. The second kappa shape index (κ2) is 6.53. The molecule has 114 valence electrons. The van der Waals surface area contributed by atoms with Crippen LogP contribution in [0.4, 0.5) is 4.39 Å². The number of halogens is 1. The second-order valence-electron chi connectivity index (χ2n) is 5.52. The van der Waals surface area contributed by atoms with Crippen LogP contribution in [0, 0.1) is 19.7 Å². The minimum absolute atomic E-state index is 0.159. The van der Waals surface area contributed by atoms with Crippen LogP contribution in [0.1, 0.15) is 11.1 Å². The van der Waals surface area contributed by atoms with Gasteiger partial charge in [-0.15, -0.1) is 0 Å². The van der Waals surface area contributed by atoms with Crippen molar-refractivity contribution in [1.82, 2.24) is 9.97 Å². The third-order valence-corrected chi connectivity index (χ3v) is 3.68. The average Bonchev–Trinajstić information content (AvgIpc) is 2.56. The van der Waals surface area contributed by atoms with E-state index in [2.05, 4.69) is 41.2 Å². The second-order valence-corrected chi connectivity index (χ2v) is 5.52. The smallest absolute Gasteiger partial charge is 0.126 e. The molecule has 0 aliphatic heterocycles. The maximum absolute atomic E-state index is 13.0.